The number of fused-ring (bicyclic) bond motifs is 2. The summed E-state index contributed by atoms with van der Waals surface area (Å²) in [5.41, 5.74) is 4.82. The Kier molecular flexibility index (Phi) is 5.76. The van der Waals surface area contributed by atoms with Crippen LogP contribution in [-0.4, -0.2) is 50.3 Å². The SMILES string of the molecule is Cc1cc(-c2n[nH]c3ccc(C(=O)N[C@H]4CCC[C@@](O)(CN5C(=O)Cc6ccccc65)C4)cc23)ccn1. The number of aryl methyl sites for hydroxylation is 1. The molecular weight excluding hydrogens is 466 g/mol. The lowest BCUT2D eigenvalue weighted by Gasteiger charge is -2.39. The average molecular weight is 496 g/mol. The minimum absolute atomic E-state index is 0.00870. The van der Waals surface area contributed by atoms with Crippen LogP contribution in [0.3, 0.4) is 0 Å². The zero-order valence-corrected chi connectivity index (χ0v) is 20.7. The predicted molar refractivity (Wildman–Crippen MR) is 141 cm³/mol. The van der Waals surface area contributed by atoms with Gasteiger partial charge in [-0.2, -0.15) is 5.10 Å². The Morgan fingerprint density at radius 2 is 2.08 bits per heavy atom. The number of H-pyrrole nitrogens is 1. The zero-order valence-electron chi connectivity index (χ0n) is 20.7. The van der Waals surface area contributed by atoms with Crippen molar-refractivity contribution in [2.24, 2.45) is 0 Å². The number of aromatic amines is 1. The Bertz CT molecular complexity index is 1510. The third-order valence-corrected chi connectivity index (χ3v) is 7.53. The van der Waals surface area contributed by atoms with Crippen LogP contribution in [0.5, 0.6) is 0 Å². The number of amides is 2. The van der Waals surface area contributed by atoms with Crippen molar-refractivity contribution in [2.75, 3.05) is 11.4 Å². The summed E-state index contributed by atoms with van der Waals surface area (Å²) in [4.78, 5) is 31.9. The Hall–Kier alpha value is -4.04. The molecule has 2 amide bonds. The van der Waals surface area contributed by atoms with Crippen LogP contribution in [0, 0.1) is 6.92 Å². The van der Waals surface area contributed by atoms with Crippen LogP contribution in [-0.2, 0) is 11.2 Å². The molecule has 188 valence electrons. The van der Waals surface area contributed by atoms with E-state index in [0.29, 0.717) is 24.8 Å². The summed E-state index contributed by atoms with van der Waals surface area (Å²) in [6, 6.07) is 16.9. The number of aliphatic hydroxyl groups is 1. The number of nitrogens with one attached hydrogen (secondary N) is 2. The second-order valence-electron chi connectivity index (χ2n) is 10.3. The molecule has 1 fully saturated rings. The van der Waals surface area contributed by atoms with Gasteiger partial charge in [0.25, 0.3) is 5.91 Å². The molecule has 0 unspecified atom stereocenters. The van der Waals surface area contributed by atoms with E-state index in [4.69, 9.17) is 0 Å². The van der Waals surface area contributed by atoms with Crippen LogP contribution < -0.4 is 10.2 Å². The molecule has 0 bridgehead atoms. The molecule has 8 nitrogen and oxygen atoms in total. The fourth-order valence-electron chi connectivity index (χ4n) is 5.73. The molecule has 1 aliphatic carbocycles. The van der Waals surface area contributed by atoms with Gasteiger partial charge in [0, 0.05) is 40.1 Å². The van der Waals surface area contributed by atoms with E-state index in [2.05, 4.69) is 20.5 Å². The van der Waals surface area contributed by atoms with Gasteiger partial charge in [0.05, 0.1) is 24.1 Å². The molecule has 3 heterocycles. The van der Waals surface area contributed by atoms with Crippen molar-refractivity contribution in [1.29, 1.82) is 0 Å². The van der Waals surface area contributed by atoms with E-state index in [0.717, 1.165) is 51.9 Å². The van der Waals surface area contributed by atoms with Gasteiger partial charge >= 0.3 is 0 Å². The van der Waals surface area contributed by atoms with Gasteiger partial charge in [-0.25, -0.2) is 0 Å². The predicted octanol–water partition coefficient (Wildman–Crippen LogP) is 3.93. The van der Waals surface area contributed by atoms with Gasteiger partial charge in [-0.05, 0) is 74.6 Å². The molecule has 6 rings (SSSR count). The molecule has 3 N–H and O–H groups in total. The summed E-state index contributed by atoms with van der Waals surface area (Å²) in [5.74, 6) is -0.175. The van der Waals surface area contributed by atoms with Gasteiger partial charge in [-0.1, -0.05) is 18.2 Å². The maximum Gasteiger partial charge on any atom is 0.251 e. The number of rotatable bonds is 5. The summed E-state index contributed by atoms with van der Waals surface area (Å²) in [6.07, 6.45) is 4.68. The highest BCUT2D eigenvalue weighted by Gasteiger charge is 2.40. The number of nitrogens with zero attached hydrogens (tertiary/aromatic N) is 3. The number of β-amino-alcohol motifs (C(OH)–C–C–N with tert-alkyl or cyclic N) is 1. The molecule has 0 radical (unpaired) electrons. The number of carbonyl (C=O) groups is 2. The van der Waals surface area contributed by atoms with E-state index < -0.39 is 5.60 Å². The summed E-state index contributed by atoms with van der Waals surface area (Å²) >= 11 is 0. The highest BCUT2D eigenvalue weighted by atomic mass is 16.3. The molecule has 2 aromatic carbocycles. The fourth-order valence-corrected chi connectivity index (χ4v) is 5.73. The minimum Gasteiger partial charge on any atom is -0.388 e. The molecule has 2 aliphatic rings. The largest absolute Gasteiger partial charge is 0.388 e. The summed E-state index contributed by atoms with van der Waals surface area (Å²) in [7, 11) is 0. The Morgan fingerprint density at radius 3 is 2.95 bits per heavy atom. The molecule has 4 aromatic rings. The van der Waals surface area contributed by atoms with Crippen LogP contribution in [0.25, 0.3) is 22.2 Å². The maximum atomic E-state index is 13.3. The quantitative estimate of drug-likeness (QED) is 0.389. The fraction of sp³-hybridized carbons (Fsp3) is 0.310. The lowest BCUT2D eigenvalue weighted by atomic mass is 9.81. The highest BCUT2D eigenvalue weighted by Crippen LogP contribution is 2.35. The van der Waals surface area contributed by atoms with Crippen LogP contribution in [0.4, 0.5) is 5.69 Å². The van der Waals surface area contributed by atoms with Gasteiger partial charge in [-0.3, -0.25) is 19.7 Å². The first-order valence-corrected chi connectivity index (χ1v) is 12.7. The summed E-state index contributed by atoms with van der Waals surface area (Å²) in [6.45, 7) is 2.17. The number of hydrogen-bond donors (Lipinski definition) is 3. The Morgan fingerprint density at radius 1 is 1.22 bits per heavy atom. The standard InChI is InChI=1S/C29H29N5O3/c1-18-13-20(10-12-30-18)27-23-14-21(8-9-24(23)32-33-27)28(36)31-22-6-4-11-29(37,16-22)17-34-25-7-3-2-5-19(25)15-26(34)35/h2-3,5,7-10,12-14,22,37H,4,6,11,15-17H2,1H3,(H,31,36)(H,32,33)/t22-,29-/m0/s1. The smallest absolute Gasteiger partial charge is 0.251 e. The van der Waals surface area contributed by atoms with Crippen molar-refractivity contribution in [3.05, 3.63) is 77.6 Å². The van der Waals surface area contributed by atoms with Crippen molar-refractivity contribution in [2.45, 2.75) is 50.7 Å². The van der Waals surface area contributed by atoms with Crippen LogP contribution in [0.1, 0.15) is 47.3 Å². The maximum absolute atomic E-state index is 13.3. The monoisotopic (exact) mass is 495 g/mol. The number of benzene rings is 2. The van der Waals surface area contributed by atoms with Gasteiger partial charge in [0.2, 0.25) is 5.91 Å². The normalized spacial score (nSPS) is 21.3. The zero-order chi connectivity index (χ0) is 25.6. The molecule has 2 aromatic heterocycles. The van der Waals surface area contributed by atoms with Crippen molar-refractivity contribution in [3.63, 3.8) is 0 Å². The van der Waals surface area contributed by atoms with Gasteiger partial charge in [-0.15, -0.1) is 0 Å². The van der Waals surface area contributed by atoms with Gasteiger partial charge < -0.3 is 15.3 Å². The third-order valence-electron chi connectivity index (χ3n) is 7.53. The van der Waals surface area contributed by atoms with E-state index >= 15 is 0 Å². The van der Waals surface area contributed by atoms with E-state index in [-0.39, 0.29) is 24.4 Å². The average Bonchev–Trinajstić information content (AvgIpc) is 3.44. The lowest BCUT2D eigenvalue weighted by molar-refractivity contribution is -0.118. The van der Waals surface area contributed by atoms with E-state index in [1.165, 1.54) is 0 Å². The number of para-hydroxylation sites is 1. The number of pyridine rings is 1. The van der Waals surface area contributed by atoms with E-state index in [9.17, 15) is 14.7 Å². The minimum atomic E-state index is -1.05. The highest BCUT2D eigenvalue weighted by molar-refractivity contribution is 6.02. The van der Waals surface area contributed by atoms with Crippen molar-refractivity contribution >= 4 is 28.4 Å². The second kappa shape index (κ2) is 9.12. The topological polar surface area (TPSA) is 111 Å². The van der Waals surface area contributed by atoms with E-state index in [1.807, 2.05) is 55.5 Å². The Labute approximate surface area is 214 Å². The number of aromatic nitrogens is 3. The van der Waals surface area contributed by atoms with Crippen molar-refractivity contribution in [3.8, 4) is 11.3 Å². The second-order valence-corrected chi connectivity index (χ2v) is 10.3. The first kappa shape index (κ1) is 23.4. The van der Waals surface area contributed by atoms with Gasteiger partial charge in [0.1, 0.15) is 5.69 Å². The first-order chi connectivity index (χ1) is 17.9. The molecule has 37 heavy (non-hydrogen) atoms. The lowest BCUT2D eigenvalue weighted by Crippen LogP contribution is -2.52. The number of hydrogen-bond acceptors (Lipinski definition) is 5. The number of carbonyl (C=O) groups excluding carboxylic acids is 2. The van der Waals surface area contributed by atoms with Crippen LogP contribution >= 0.6 is 0 Å². The number of anilines is 1. The molecule has 0 saturated heterocycles. The van der Waals surface area contributed by atoms with E-state index in [1.54, 1.807) is 17.2 Å². The molecular formula is C29H29N5O3. The first-order valence-electron chi connectivity index (χ1n) is 12.7. The van der Waals surface area contributed by atoms with Crippen molar-refractivity contribution < 1.29 is 14.7 Å². The molecule has 8 heteroatoms. The van der Waals surface area contributed by atoms with Crippen LogP contribution in [0.2, 0.25) is 0 Å². The Balaban J connectivity index is 1.18. The summed E-state index contributed by atoms with van der Waals surface area (Å²) < 4.78 is 0. The molecule has 0 spiro atoms. The third kappa shape index (κ3) is 4.49. The van der Waals surface area contributed by atoms with Gasteiger partial charge in [0.15, 0.2) is 0 Å². The van der Waals surface area contributed by atoms with Crippen molar-refractivity contribution in [1.82, 2.24) is 20.5 Å². The molecule has 2 atom stereocenters. The molecule has 1 saturated carbocycles. The van der Waals surface area contributed by atoms with Crippen LogP contribution in [0.15, 0.2) is 60.8 Å². The summed E-state index contributed by atoms with van der Waals surface area (Å²) in [5, 5.41) is 23.0. The molecule has 1 aliphatic heterocycles.